The molecule has 154 valence electrons. The molecule has 29 heavy (non-hydrogen) atoms. The molecule has 1 aromatic heterocycles. The fourth-order valence-electron chi connectivity index (χ4n) is 2.98. The van der Waals surface area contributed by atoms with Crippen molar-refractivity contribution in [3.63, 3.8) is 0 Å². The van der Waals surface area contributed by atoms with Gasteiger partial charge in [0.05, 0.1) is 33.1 Å². The summed E-state index contributed by atoms with van der Waals surface area (Å²) in [6, 6.07) is 13.4. The third kappa shape index (κ3) is 4.96. The highest BCUT2D eigenvalue weighted by atomic mass is 32.1. The summed E-state index contributed by atoms with van der Waals surface area (Å²) in [7, 11) is 5.26. The van der Waals surface area contributed by atoms with E-state index in [0.29, 0.717) is 30.5 Å². The van der Waals surface area contributed by atoms with E-state index in [1.54, 1.807) is 18.9 Å². The normalized spacial score (nSPS) is 10.9. The molecule has 0 saturated carbocycles. The van der Waals surface area contributed by atoms with Crippen LogP contribution in [-0.2, 0) is 13.2 Å². The zero-order valence-electron chi connectivity index (χ0n) is 17.0. The van der Waals surface area contributed by atoms with Gasteiger partial charge in [0.15, 0.2) is 0 Å². The fourth-order valence-corrected chi connectivity index (χ4v) is 3.16. The number of hydrogen-bond donors (Lipinski definition) is 0. The first-order valence-corrected chi connectivity index (χ1v) is 9.66. The minimum absolute atomic E-state index is 0.305. The van der Waals surface area contributed by atoms with Gasteiger partial charge in [-0.2, -0.15) is 0 Å². The van der Waals surface area contributed by atoms with E-state index in [2.05, 4.69) is 10.00 Å². The van der Waals surface area contributed by atoms with Crippen LogP contribution in [-0.4, -0.2) is 42.6 Å². The van der Waals surface area contributed by atoms with Crippen molar-refractivity contribution in [3.05, 3.63) is 52.9 Å². The van der Waals surface area contributed by atoms with E-state index in [9.17, 15) is 0 Å². The monoisotopic (exact) mass is 415 g/mol. The Balaban J connectivity index is 1.77. The molecule has 0 fully saturated rings. The van der Waals surface area contributed by atoms with Gasteiger partial charge in [0.25, 0.3) is 10.7 Å². The molecule has 0 bridgehead atoms. The molecule has 0 atom stereocenters. The van der Waals surface area contributed by atoms with E-state index in [0.717, 1.165) is 28.4 Å². The zero-order chi connectivity index (χ0) is 20.8. The predicted octanol–water partition coefficient (Wildman–Crippen LogP) is 4.38. The molecule has 0 aliphatic rings. The van der Waals surface area contributed by atoms with Crippen molar-refractivity contribution >= 4 is 12.2 Å². The molecule has 2 aromatic carbocycles. The Morgan fingerprint density at radius 1 is 1.10 bits per heavy atom. The average molecular weight is 416 g/mol. The topological polar surface area (TPSA) is 61.9 Å². The largest absolute Gasteiger partial charge is 0.497 e. The van der Waals surface area contributed by atoms with Crippen LogP contribution < -0.4 is 14.2 Å². The second-order valence-corrected chi connectivity index (χ2v) is 6.78. The Labute approximate surface area is 175 Å². The second-order valence-electron chi connectivity index (χ2n) is 6.44. The number of para-hydroxylation sites is 1. The lowest BCUT2D eigenvalue weighted by Crippen LogP contribution is -2.22. The van der Waals surface area contributed by atoms with Crippen LogP contribution in [0.5, 0.6) is 17.2 Å². The zero-order valence-corrected chi connectivity index (χ0v) is 17.9. The molecule has 0 radical (unpaired) electrons. The third-order valence-electron chi connectivity index (χ3n) is 4.33. The Morgan fingerprint density at radius 3 is 2.62 bits per heavy atom. The minimum atomic E-state index is 0.305. The maximum Gasteiger partial charge on any atom is 0.288 e. The maximum absolute atomic E-state index is 5.73. The number of methoxy groups -OCH3 is 2. The van der Waals surface area contributed by atoms with Crippen LogP contribution in [0, 0.1) is 4.84 Å². The van der Waals surface area contributed by atoms with Gasteiger partial charge in [0, 0.05) is 18.2 Å². The molecule has 8 heteroatoms. The van der Waals surface area contributed by atoms with Gasteiger partial charge in [0.1, 0.15) is 17.2 Å². The summed E-state index contributed by atoms with van der Waals surface area (Å²) in [5.74, 6) is 2.68. The number of hydrogen-bond acceptors (Lipinski definition) is 7. The van der Waals surface area contributed by atoms with Gasteiger partial charge in [-0.1, -0.05) is 18.2 Å². The predicted molar refractivity (Wildman–Crippen MR) is 113 cm³/mol. The number of rotatable bonds is 9. The van der Waals surface area contributed by atoms with Crippen LogP contribution in [0.25, 0.3) is 11.5 Å². The van der Waals surface area contributed by atoms with Crippen molar-refractivity contribution < 1.29 is 18.6 Å². The summed E-state index contributed by atoms with van der Waals surface area (Å²) in [6.45, 7) is 3.61. The van der Waals surface area contributed by atoms with Crippen LogP contribution in [0.15, 0.2) is 46.9 Å². The van der Waals surface area contributed by atoms with Crippen LogP contribution in [0.3, 0.4) is 0 Å². The standard InChI is InChI=1S/C21H25N3O4S/c1-5-27-18-9-7-6-8-17(18)20-22-24(21(29)28-20)14-23(2)13-15-10-11-16(25-3)12-19(15)26-4/h6-12H,5,13-14H2,1-4H3. The third-order valence-corrected chi connectivity index (χ3v) is 4.63. The molecule has 0 aliphatic carbocycles. The van der Waals surface area contributed by atoms with Crippen LogP contribution >= 0.6 is 12.2 Å². The first kappa shape index (κ1) is 20.9. The summed E-state index contributed by atoms with van der Waals surface area (Å²) in [5.41, 5.74) is 1.81. The smallest absolute Gasteiger partial charge is 0.288 e. The molecule has 0 unspecified atom stereocenters. The summed E-state index contributed by atoms with van der Waals surface area (Å²) >= 11 is 5.37. The first-order valence-electron chi connectivity index (χ1n) is 9.25. The van der Waals surface area contributed by atoms with Crippen molar-refractivity contribution in [1.82, 2.24) is 14.7 Å². The van der Waals surface area contributed by atoms with Gasteiger partial charge in [-0.3, -0.25) is 4.90 Å². The van der Waals surface area contributed by atoms with Gasteiger partial charge in [0.2, 0.25) is 0 Å². The molecule has 7 nitrogen and oxygen atoms in total. The van der Waals surface area contributed by atoms with Gasteiger partial charge < -0.3 is 18.6 Å². The summed E-state index contributed by atoms with van der Waals surface area (Å²) in [5, 5.41) is 4.55. The Bertz CT molecular complexity index is 1020. The molecule has 3 rings (SSSR count). The Hall–Kier alpha value is -2.84. The van der Waals surface area contributed by atoms with Crippen molar-refractivity contribution in [1.29, 1.82) is 0 Å². The van der Waals surface area contributed by atoms with Crippen LogP contribution in [0.2, 0.25) is 0 Å². The Morgan fingerprint density at radius 2 is 1.90 bits per heavy atom. The van der Waals surface area contributed by atoms with Crippen molar-refractivity contribution in [2.75, 3.05) is 27.9 Å². The fraction of sp³-hybridized carbons (Fsp3) is 0.333. The quantitative estimate of drug-likeness (QED) is 0.481. The summed E-state index contributed by atoms with van der Waals surface area (Å²) < 4.78 is 23.8. The molecule has 1 heterocycles. The van der Waals surface area contributed by atoms with E-state index >= 15 is 0 Å². The van der Waals surface area contributed by atoms with E-state index in [-0.39, 0.29) is 0 Å². The highest BCUT2D eigenvalue weighted by Gasteiger charge is 2.15. The highest BCUT2D eigenvalue weighted by molar-refractivity contribution is 7.71. The summed E-state index contributed by atoms with van der Waals surface area (Å²) in [6.07, 6.45) is 0. The number of aromatic nitrogens is 2. The van der Waals surface area contributed by atoms with Crippen molar-refractivity contribution in [2.45, 2.75) is 20.1 Å². The highest BCUT2D eigenvalue weighted by Crippen LogP contribution is 2.29. The van der Waals surface area contributed by atoms with E-state index in [1.807, 2.05) is 56.4 Å². The van der Waals surface area contributed by atoms with Gasteiger partial charge in [-0.05, 0) is 44.4 Å². The molecule has 0 spiro atoms. The molecule has 0 N–H and O–H groups in total. The lowest BCUT2D eigenvalue weighted by atomic mass is 10.2. The van der Waals surface area contributed by atoms with Crippen molar-refractivity contribution in [2.24, 2.45) is 0 Å². The van der Waals surface area contributed by atoms with Gasteiger partial charge >= 0.3 is 0 Å². The first-order chi connectivity index (χ1) is 14.0. The summed E-state index contributed by atoms with van der Waals surface area (Å²) in [4.78, 5) is 2.38. The van der Waals surface area contributed by atoms with E-state index in [4.69, 9.17) is 30.8 Å². The molecule has 0 amide bonds. The molecule has 0 saturated heterocycles. The Kier molecular flexibility index (Phi) is 6.90. The lowest BCUT2D eigenvalue weighted by Gasteiger charge is -2.18. The van der Waals surface area contributed by atoms with E-state index in [1.165, 1.54) is 0 Å². The molecular formula is C21H25N3O4S. The molecular weight excluding hydrogens is 390 g/mol. The van der Waals surface area contributed by atoms with Gasteiger partial charge in [-0.15, -0.1) is 5.10 Å². The number of nitrogens with zero attached hydrogens (tertiary/aromatic N) is 3. The van der Waals surface area contributed by atoms with Crippen molar-refractivity contribution in [3.8, 4) is 28.7 Å². The lowest BCUT2D eigenvalue weighted by molar-refractivity contribution is 0.237. The molecule has 3 aromatic rings. The van der Waals surface area contributed by atoms with Crippen LogP contribution in [0.1, 0.15) is 12.5 Å². The SMILES string of the molecule is CCOc1ccccc1-c1nn(CN(C)Cc2ccc(OC)cc2OC)c(=S)o1. The maximum atomic E-state index is 5.73. The number of benzene rings is 2. The van der Waals surface area contributed by atoms with E-state index < -0.39 is 0 Å². The molecule has 0 aliphatic heterocycles. The minimum Gasteiger partial charge on any atom is -0.497 e. The number of ether oxygens (including phenoxy) is 3. The second kappa shape index (κ2) is 9.58. The van der Waals surface area contributed by atoms with Gasteiger partial charge in [-0.25, -0.2) is 4.68 Å². The average Bonchev–Trinajstić information content (AvgIpc) is 3.09. The van der Waals surface area contributed by atoms with Crippen LogP contribution in [0.4, 0.5) is 0 Å².